The van der Waals surface area contributed by atoms with Crippen LogP contribution in [0.25, 0.3) is 6.08 Å². The molecular formula is C12H11BrN2OS. The van der Waals surface area contributed by atoms with Gasteiger partial charge in [-0.25, -0.2) is 0 Å². The molecule has 0 amide bonds. The second-order valence-electron chi connectivity index (χ2n) is 3.66. The van der Waals surface area contributed by atoms with Crippen LogP contribution in [0.4, 0.5) is 0 Å². The first-order valence-corrected chi connectivity index (χ1v) is 6.70. The highest BCUT2D eigenvalue weighted by molar-refractivity contribution is 9.10. The predicted octanol–water partition coefficient (Wildman–Crippen LogP) is 3.45. The normalized spacial score (nSPS) is 11.2. The molecule has 2 aromatic heterocycles. The topological polar surface area (TPSA) is 34.9 Å². The number of thiophene rings is 1. The molecule has 0 aliphatic heterocycles. The van der Waals surface area contributed by atoms with Crippen molar-refractivity contribution in [2.45, 2.75) is 6.92 Å². The van der Waals surface area contributed by atoms with Crippen molar-refractivity contribution >= 4 is 39.1 Å². The summed E-state index contributed by atoms with van der Waals surface area (Å²) >= 11 is 4.76. The number of carbonyl (C=O) groups excluding carboxylic acids is 1. The van der Waals surface area contributed by atoms with E-state index >= 15 is 0 Å². The first-order valence-electron chi connectivity index (χ1n) is 5.03. The Morgan fingerprint density at radius 1 is 1.53 bits per heavy atom. The van der Waals surface area contributed by atoms with Crippen molar-refractivity contribution in [3.63, 3.8) is 0 Å². The van der Waals surface area contributed by atoms with Crippen LogP contribution in [0.5, 0.6) is 0 Å². The molecule has 0 aromatic carbocycles. The Balaban J connectivity index is 2.13. The van der Waals surface area contributed by atoms with Gasteiger partial charge in [0, 0.05) is 22.6 Å². The smallest absolute Gasteiger partial charge is 0.195 e. The molecule has 88 valence electrons. The highest BCUT2D eigenvalue weighted by atomic mass is 79.9. The predicted molar refractivity (Wildman–Crippen MR) is 73.3 cm³/mol. The van der Waals surface area contributed by atoms with E-state index in [0.717, 1.165) is 20.7 Å². The summed E-state index contributed by atoms with van der Waals surface area (Å²) in [4.78, 5) is 12.5. The van der Waals surface area contributed by atoms with Crippen LogP contribution in [0.3, 0.4) is 0 Å². The molecule has 0 N–H and O–H groups in total. The maximum absolute atomic E-state index is 11.8. The molecule has 0 spiro atoms. The number of allylic oxidation sites excluding steroid dienone is 1. The second-order valence-corrected chi connectivity index (χ2v) is 5.49. The first-order chi connectivity index (χ1) is 8.06. The zero-order valence-electron chi connectivity index (χ0n) is 9.48. The van der Waals surface area contributed by atoms with E-state index in [0.29, 0.717) is 0 Å². The quantitative estimate of drug-likeness (QED) is 0.643. The summed E-state index contributed by atoms with van der Waals surface area (Å²) < 4.78 is 2.72. The molecule has 2 aromatic rings. The minimum Gasteiger partial charge on any atom is -0.288 e. The third-order valence-corrected chi connectivity index (χ3v) is 4.05. The lowest BCUT2D eigenvalue weighted by Crippen LogP contribution is -1.92. The molecule has 17 heavy (non-hydrogen) atoms. The molecule has 0 aliphatic rings. The lowest BCUT2D eigenvalue weighted by Gasteiger charge is -1.88. The molecule has 3 nitrogen and oxygen atoms in total. The maximum Gasteiger partial charge on any atom is 0.195 e. The SMILES string of the molecule is Cc1cc(/C=C/C(=O)c2cc(Br)cs2)nn1C. The van der Waals surface area contributed by atoms with E-state index in [1.807, 2.05) is 31.5 Å². The number of rotatable bonds is 3. The summed E-state index contributed by atoms with van der Waals surface area (Å²) in [5.74, 6) is 0.00371. The molecule has 0 radical (unpaired) electrons. The van der Waals surface area contributed by atoms with Gasteiger partial charge in [0.1, 0.15) is 0 Å². The Labute approximate surface area is 112 Å². The van der Waals surface area contributed by atoms with Gasteiger partial charge < -0.3 is 0 Å². The zero-order valence-corrected chi connectivity index (χ0v) is 11.9. The average Bonchev–Trinajstić information content (AvgIpc) is 2.83. The summed E-state index contributed by atoms with van der Waals surface area (Å²) in [5, 5.41) is 6.15. The molecule has 0 aliphatic carbocycles. The number of halogens is 1. The number of ketones is 1. The highest BCUT2D eigenvalue weighted by Gasteiger charge is 2.05. The number of carbonyl (C=O) groups is 1. The van der Waals surface area contributed by atoms with Crippen molar-refractivity contribution in [2.75, 3.05) is 0 Å². The van der Waals surface area contributed by atoms with Gasteiger partial charge >= 0.3 is 0 Å². The molecule has 0 atom stereocenters. The Bertz CT molecular complexity index is 564. The fourth-order valence-corrected chi connectivity index (χ4v) is 2.70. The molecule has 0 unspecified atom stereocenters. The summed E-state index contributed by atoms with van der Waals surface area (Å²) in [5.41, 5.74) is 1.87. The second kappa shape index (κ2) is 4.98. The van der Waals surface area contributed by atoms with Crippen molar-refractivity contribution in [2.24, 2.45) is 7.05 Å². The molecule has 0 saturated carbocycles. The Hall–Kier alpha value is -1.20. The van der Waals surface area contributed by atoms with Crippen LogP contribution in [-0.2, 0) is 7.05 Å². The summed E-state index contributed by atoms with van der Waals surface area (Å²) in [6.07, 6.45) is 3.29. The largest absolute Gasteiger partial charge is 0.288 e. The number of aryl methyl sites for hydroxylation is 2. The number of hydrogen-bond donors (Lipinski definition) is 0. The van der Waals surface area contributed by atoms with Gasteiger partial charge in [-0.15, -0.1) is 11.3 Å². The van der Waals surface area contributed by atoms with Crippen LogP contribution in [0.15, 0.2) is 28.1 Å². The van der Waals surface area contributed by atoms with E-state index in [-0.39, 0.29) is 5.78 Å². The first kappa shape index (κ1) is 12.3. The number of hydrogen-bond acceptors (Lipinski definition) is 3. The lowest BCUT2D eigenvalue weighted by atomic mass is 10.2. The summed E-state index contributed by atoms with van der Waals surface area (Å²) in [6.45, 7) is 1.97. The Kier molecular flexibility index (Phi) is 3.59. The molecular weight excluding hydrogens is 300 g/mol. The zero-order chi connectivity index (χ0) is 12.4. The number of aromatic nitrogens is 2. The fraction of sp³-hybridized carbons (Fsp3) is 0.167. The summed E-state index contributed by atoms with van der Waals surface area (Å²) in [7, 11) is 1.88. The van der Waals surface area contributed by atoms with Crippen LogP contribution < -0.4 is 0 Å². The van der Waals surface area contributed by atoms with Crippen molar-refractivity contribution in [1.29, 1.82) is 0 Å². The van der Waals surface area contributed by atoms with Crippen LogP contribution in [0, 0.1) is 6.92 Å². The van der Waals surface area contributed by atoms with Crippen LogP contribution in [-0.4, -0.2) is 15.6 Å². The molecule has 0 fully saturated rings. The Morgan fingerprint density at radius 2 is 2.29 bits per heavy atom. The van der Waals surface area contributed by atoms with Gasteiger partial charge in [0.15, 0.2) is 5.78 Å². The lowest BCUT2D eigenvalue weighted by molar-refractivity contribution is 0.105. The van der Waals surface area contributed by atoms with Crippen molar-refractivity contribution < 1.29 is 4.79 Å². The monoisotopic (exact) mass is 310 g/mol. The molecule has 5 heteroatoms. The molecule has 2 rings (SSSR count). The molecule has 0 bridgehead atoms. The van der Waals surface area contributed by atoms with Crippen molar-refractivity contribution in [1.82, 2.24) is 9.78 Å². The van der Waals surface area contributed by atoms with Gasteiger partial charge in [-0.05, 0) is 47.1 Å². The fourth-order valence-electron chi connectivity index (χ4n) is 1.36. The van der Waals surface area contributed by atoms with Crippen LogP contribution >= 0.6 is 27.3 Å². The van der Waals surface area contributed by atoms with E-state index in [2.05, 4.69) is 21.0 Å². The van der Waals surface area contributed by atoms with Gasteiger partial charge in [-0.1, -0.05) is 0 Å². The van der Waals surface area contributed by atoms with Gasteiger partial charge in [-0.3, -0.25) is 9.48 Å². The Morgan fingerprint density at radius 3 is 2.82 bits per heavy atom. The highest BCUT2D eigenvalue weighted by Crippen LogP contribution is 2.20. The van der Waals surface area contributed by atoms with Crippen molar-refractivity contribution in [3.05, 3.63) is 44.3 Å². The standard InChI is InChI=1S/C12H11BrN2OS/c1-8-5-10(14-15(8)2)3-4-11(16)12-6-9(13)7-17-12/h3-7H,1-2H3/b4-3+. The minimum absolute atomic E-state index is 0.00371. The van der Waals surface area contributed by atoms with Gasteiger partial charge in [0.2, 0.25) is 0 Å². The van der Waals surface area contributed by atoms with E-state index in [1.54, 1.807) is 16.8 Å². The molecule has 0 saturated heterocycles. The number of nitrogens with zero attached hydrogens (tertiary/aromatic N) is 2. The summed E-state index contributed by atoms with van der Waals surface area (Å²) in [6, 6.07) is 3.76. The third-order valence-electron chi connectivity index (χ3n) is 2.35. The average molecular weight is 311 g/mol. The van der Waals surface area contributed by atoms with Gasteiger partial charge in [0.25, 0.3) is 0 Å². The van der Waals surface area contributed by atoms with E-state index in [4.69, 9.17) is 0 Å². The van der Waals surface area contributed by atoms with Crippen molar-refractivity contribution in [3.8, 4) is 0 Å². The third kappa shape index (κ3) is 2.92. The minimum atomic E-state index is 0.00371. The van der Waals surface area contributed by atoms with Crippen LogP contribution in [0.1, 0.15) is 21.1 Å². The maximum atomic E-state index is 11.8. The van der Waals surface area contributed by atoms with E-state index in [9.17, 15) is 4.79 Å². The van der Waals surface area contributed by atoms with Crippen LogP contribution in [0.2, 0.25) is 0 Å². The van der Waals surface area contributed by atoms with Gasteiger partial charge in [0.05, 0.1) is 10.6 Å². The molecule has 2 heterocycles. The van der Waals surface area contributed by atoms with E-state index in [1.165, 1.54) is 11.3 Å². The van der Waals surface area contributed by atoms with Gasteiger partial charge in [-0.2, -0.15) is 5.10 Å². The van der Waals surface area contributed by atoms with E-state index < -0.39 is 0 Å².